The molecule has 0 bridgehead atoms. The molecule has 0 unspecified atom stereocenters. The van der Waals surface area contributed by atoms with Crippen LogP contribution in [0, 0.1) is 0 Å². The summed E-state index contributed by atoms with van der Waals surface area (Å²) in [6.45, 7) is 5.51. The Morgan fingerprint density at radius 3 is 2.62 bits per heavy atom. The van der Waals surface area contributed by atoms with Crippen molar-refractivity contribution < 1.29 is 14.3 Å². The maximum absolute atomic E-state index is 11.4. The van der Waals surface area contributed by atoms with E-state index in [1.165, 1.54) is 0 Å². The fraction of sp³-hybridized carbons (Fsp3) is 0.500. The van der Waals surface area contributed by atoms with E-state index in [4.69, 9.17) is 4.74 Å². The number of hydrogen-bond acceptors (Lipinski definition) is 3. The Kier molecular flexibility index (Phi) is 3.88. The van der Waals surface area contributed by atoms with Gasteiger partial charge in [-0.3, -0.25) is 9.59 Å². The summed E-state index contributed by atoms with van der Waals surface area (Å²) in [6.07, 6.45) is 1.62. The lowest BCUT2D eigenvalue weighted by atomic mass is 10.2. The zero-order valence-electron chi connectivity index (χ0n) is 9.87. The highest BCUT2D eigenvalue weighted by Crippen LogP contribution is 2.10. The van der Waals surface area contributed by atoms with Gasteiger partial charge < -0.3 is 9.72 Å². The van der Waals surface area contributed by atoms with E-state index in [1.807, 2.05) is 20.8 Å². The highest BCUT2D eigenvalue weighted by Gasteiger charge is 2.15. The first kappa shape index (κ1) is 12.5. The second kappa shape index (κ2) is 4.96. The smallest absolute Gasteiger partial charge is 0.306 e. The SMILES string of the molecule is CC(C)(C)OC(=O)CCc1ccc(C=O)[nH]1. The Hall–Kier alpha value is -1.58. The largest absolute Gasteiger partial charge is 0.460 e. The van der Waals surface area contributed by atoms with Crippen molar-refractivity contribution in [3.63, 3.8) is 0 Å². The number of nitrogens with one attached hydrogen (secondary N) is 1. The summed E-state index contributed by atoms with van der Waals surface area (Å²) in [7, 11) is 0. The molecule has 0 amide bonds. The van der Waals surface area contributed by atoms with Gasteiger partial charge in [-0.1, -0.05) is 0 Å². The molecule has 0 aliphatic carbocycles. The van der Waals surface area contributed by atoms with Crippen LogP contribution < -0.4 is 0 Å². The number of rotatable bonds is 4. The Labute approximate surface area is 95.0 Å². The topological polar surface area (TPSA) is 59.2 Å². The van der Waals surface area contributed by atoms with Crippen LogP contribution in [0.4, 0.5) is 0 Å². The van der Waals surface area contributed by atoms with Crippen LogP contribution in [0.25, 0.3) is 0 Å². The molecule has 1 aromatic heterocycles. The fourth-order valence-electron chi connectivity index (χ4n) is 1.30. The van der Waals surface area contributed by atoms with Gasteiger partial charge in [0.2, 0.25) is 0 Å². The maximum Gasteiger partial charge on any atom is 0.306 e. The zero-order chi connectivity index (χ0) is 12.2. The highest BCUT2D eigenvalue weighted by atomic mass is 16.6. The minimum Gasteiger partial charge on any atom is -0.460 e. The van der Waals surface area contributed by atoms with Gasteiger partial charge in [-0.25, -0.2) is 0 Å². The first-order chi connectivity index (χ1) is 7.40. The van der Waals surface area contributed by atoms with E-state index in [1.54, 1.807) is 12.1 Å². The van der Waals surface area contributed by atoms with Gasteiger partial charge in [0.1, 0.15) is 5.60 Å². The molecule has 4 nitrogen and oxygen atoms in total. The van der Waals surface area contributed by atoms with Gasteiger partial charge in [0.05, 0.1) is 12.1 Å². The molecule has 88 valence electrons. The molecule has 1 heterocycles. The van der Waals surface area contributed by atoms with Crippen LogP contribution in [0.2, 0.25) is 0 Å². The van der Waals surface area contributed by atoms with Crippen molar-refractivity contribution in [1.82, 2.24) is 4.98 Å². The summed E-state index contributed by atoms with van der Waals surface area (Å²) in [5.41, 5.74) is 0.952. The third-order valence-corrected chi connectivity index (χ3v) is 1.91. The molecule has 1 N–H and O–H groups in total. The van der Waals surface area contributed by atoms with Gasteiger partial charge in [0, 0.05) is 5.69 Å². The summed E-state index contributed by atoms with van der Waals surface area (Å²) in [6, 6.07) is 3.49. The van der Waals surface area contributed by atoms with E-state index < -0.39 is 5.60 Å². The van der Waals surface area contributed by atoms with E-state index >= 15 is 0 Å². The van der Waals surface area contributed by atoms with E-state index in [0.717, 1.165) is 12.0 Å². The molecule has 0 saturated carbocycles. The van der Waals surface area contributed by atoms with Gasteiger partial charge in [-0.15, -0.1) is 0 Å². The summed E-state index contributed by atoms with van der Waals surface area (Å²) < 4.78 is 5.17. The lowest BCUT2D eigenvalue weighted by Gasteiger charge is -2.19. The van der Waals surface area contributed by atoms with Crippen molar-refractivity contribution in [3.05, 3.63) is 23.5 Å². The lowest BCUT2D eigenvalue weighted by Crippen LogP contribution is -2.24. The highest BCUT2D eigenvalue weighted by molar-refractivity contribution is 5.72. The maximum atomic E-state index is 11.4. The zero-order valence-corrected chi connectivity index (χ0v) is 9.87. The number of ether oxygens (including phenoxy) is 1. The molecule has 4 heteroatoms. The van der Waals surface area contributed by atoms with Crippen molar-refractivity contribution >= 4 is 12.3 Å². The Bertz CT molecular complexity index is 374. The molecule has 0 aliphatic heterocycles. The summed E-state index contributed by atoms with van der Waals surface area (Å²) in [4.78, 5) is 24.7. The van der Waals surface area contributed by atoms with E-state index in [-0.39, 0.29) is 5.97 Å². The molecular formula is C12H17NO3. The average Bonchev–Trinajstić information content (AvgIpc) is 2.59. The molecule has 0 aliphatic rings. The number of carbonyl (C=O) groups excluding carboxylic acids is 2. The molecule has 0 saturated heterocycles. The minimum absolute atomic E-state index is 0.227. The van der Waals surface area contributed by atoms with Crippen LogP contribution in [-0.2, 0) is 16.0 Å². The van der Waals surface area contributed by atoms with Crippen LogP contribution in [-0.4, -0.2) is 22.8 Å². The first-order valence-corrected chi connectivity index (χ1v) is 5.25. The van der Waals surface area contributed by atoms with Crippen molar-refractivity contribution in [2.24, 2.45) is 0 Å². The number of aromatic nitrogens is 1. The molecule has 16 heavy (non-hydrogen) atoms. The van der Waals surface area contributed by atoms with E-state index in [9.17, 15) is 9.59 Å². The second-order valence-electron chi connectivity index (χ2n) is 4.64. The lowest BCUT2D eigenvalue weighted by molar-refractivity contribution is -0.154. The van der Waals surface area contributed by atoms with E-state index in [0.29, 0.717) is 18.5 Å². The fourth-order valence-corrected chi connectivity index (χ4v) is 1.30. The minimum atomic E-state index is -0.444. The number of aromatic amines is 1. The molecule has 0 fully saturated rings. The predicted octanol–water partition coefficient (Wildman–Crippen LogP) is 2.10. The number of carbonyl (C=O) groups is 2. The van der Waals surface area contributed by atoms with Crippen LogP contribution in [0.15, 0.2) is 12.1 Å². The standard InChI is InChI=1S/C12H17NO3/c1-12(2,3)16-11(15)7-6-9-4-5-10(8-14)13-9/h4-5,8,13H,6-7H2,1-3H3. The molecule has 0 atom stereocenters. The van der Waals surface area contributed by atoms with Gasteiger partial charge in [0.25, 0.3) is 0 Å². The van der Waals surface area contributed by atoms with Gasteiger partial charge in [0.15, 0.2) is 6.29 Å². The number of aryl methyl sites for hydroxylation is 1. The summed E-state index contributed by atoms with van der Waals surface area (Å²) in [5, 5.41) is 0. The quantitative estimate of drug-likeness (QED) is 0.628. The van der Waals surface area contributed by atoms with Crippen molar-refractivity contribution in [2.45, 2.75) is 39.2 Å². The Morgan fingerprint density at radius 2 is 2.12 bits per heavy atom. The van der Waals surface area contributed by atoms with Gasteiger partial charge in [-0.2, -0.15) is 0 Å². The predicted molar refractivity (Wildman–Crippen MR) is 60.3 cm³/mol. The summed E-state index contributed by atoms with van der Waals surface area (Å²) in [5.74, 6) is -0.227. The number of H-pyrrole nitrogens is 1. The van der Waals surface area contributed by atoms with Gasteiger partial charge >= 0.3 is 5.97 Å². The monoisotopic (exact) mass is 223 g/mol. The Balaban J connectivity index is 2.40. The molecule has 1 rings (SSSR count). The third kappa shape index (κ3) is 4.29. The van der Waals surface area contributed by atoms with Crippen LogP contribution >= 0.6 is 0 Å². The van der Waals surface area contributed by atoms with Crippen molar-refractivity contribution in [3.8, 4) is 0 Å². The summed E-state index contributed by atoms with van der Waals surface area (Å²) >= 11 is 0. The molecular weight excluding hydrogens is 206 g/mol. The van der Waals surface area contributed by atoms with Crippen molar-refractivity contribution in [2.75, 3.05) is 0 Å². The molecule has 1 aromatic rings. The van der Waals surface area contributed by atoms with Crippen molar-refractivity contribution in [1.29, 1.82) is 0 Å². The third-order valence-electron chi connectivity index (χ3n) is 1.91. The number of hydrogen-bond donors (Lipinski definition) is 1. The average molecular weight is 223 g/mol. The van der Waals surface area contributed by atoms with Gasteiger partial charge in [-0.05, 0) is 39.3 Å². The first-order valence-electron chi connectivity index (χ1n) is 5.25. The molecule has 0 aromatic carbocycles. The molecule has 0 radical (unpaired) electrons. The van der Waals surface area contributed by atoms with E-state index in [2.05, 4.69) is 4.98 Å². The molecule has 0 spiro atoms. The number of aldehydes is 1. The van der Waals surface area contributed by atoms with Crippen LogP contribution in [0.3, 0.4) is 0 Å². The second-order valence-corrected chi connectivity index (χ2v) is 4.64. The van der Waals surface area contributed by atoms with Crippen LogP contribution in [0.5, 0.6) is 0 Å². The number of esters is 1. The Morgan fingerprint density at radius 1 is 1.44 bits per heavy atom. The normalized spacial score (nSPS) is 11.2. The van der Waals surface area contributed by atoms with Crippen LogP contribution in [0.1, 0.15) is 43.4 Å².